The summed E-state index contributed by atoms with van der Waals surface area (Å²) in [5.74, 6) is 0.698. The lowest BCUT2D eigenvalue weighted by Gasteiger charge is -2.15. The Kier molecular flexibility index (Phi) is 8.59. The van der Waals surface area contributed by atoms with Crippen molar-refractivity contribution in [3.63, 3.8) is 0 Å². The Morgan fingerprint density at radius 3 is 2.61 bits per heavy atom. The molecule has 0 aromatic carbocycles. The zero-order valence-electron chi connectivity index (χ0n) is 12.1. The highest BCUT2D eigenvalue weighted by molar-refractivity contribution is 4.75. The number of hydrogen-bond donors (Lipinski definition) is 1. The normalized spacial score (nSPS) is 24.0. The molecule has 4 nitrogen and oxygen atoms in total. The van der Waals surface area contributed by atoms with Crippen LogP contribution in [0, 0.1) is 5.92 Å². The van der Waals surface area contributed by atoms with E-state index in [0.29, 0.717) is 31.8 Å². The van der Waals surface area contributed by atoms with E-state index in [9.17, 15) is 0 Å². The summed E-state index contributed by atoms with van der Waals surface area (Å²) in [6, 6.07) is 0. The van der Waals surface area contributed by atoms with Gasteiger partial charge in [-0.15, -0.1) is 0 Å². The smallest absolute Gasteiger partial charge is 0.0813 e. The highest BCUT2D eigenvalue weighted by Gasteiger charge is 2.24. The third-order valence-electron chi connectivity index (χ3n) is 3.00. The van der Waals surface area contributed by atoms with Crippen LogP contribution in [0.25, 0.3) is 0 Å². The topological polar surface area (TPSA) is 39.7 Å². The molecule has 1 rings (SSSR count). The van der Waals surface area contributed by atoms with Crippen LogP contribution in [0.1, 0.15) is 33.6 Å². The maximum atomic E-state index is 5.92. The van der Waals surface area contributed by atoms with Gasteiger partial charge in [0.05, 0.1) is 32.0 Å². The second-order valence-electron chi connectivity index (χ2n) is 5.28. The van der Waals surface area contributed by atoms with Crippen LogP contribution in [-0.4, -0.2) is 51.7 Å². The van der Waals surface area contributed by atoms with Gasteiger partial charge in [-0.25, -0.2) is 0 Å². The van der Waals surface area contributed by atoms with E-state index in [1.807, 2.05) is 6.92 Å². The molecule has 2 unspecified atom stereocenters. The van der Waals surface area contributed by atoms with E-state index in [4.69, 9.17) is 14.2 Å². The summed E-state index contributed by atoms with van der Waals surface area (Å²) in [5, 5.41) is 3.45. The third kappa shape index (κ3) is 7.31. The van der Waals surface area contributed by atoms with Crippen LogP contribution < -0.4 is 5.32 Å². The van der Waals surface area contributed by atoms with Crippen molar-refractivity contribution in [2.45, 2.75) is 45.8 Å². The van der Waals surface area contributed by atoms with Crippen LogP contribution in [0.3, 0.4) is 0 Å². The van der Waals surface area contributed by atoms with Crippen LogP contribution >= 0.6 is 0 Å². The van der Waals surface area contributed by atoms with Gasteiger partial charge in [-0.3, -0.25) is 0 Å². The summed E-state index contributed by atoms with van der Waals surface area (Å²) in [4.78, 5) is 0. The summed E-state index contributed by atoms with van der Waals surface area (Å²) in [6.07, 6.45) is 2.90. The molecular weight excluding hydrogens is 230 g/mol. The number of nitrogens with one attached hydrogen (secondary N) is 1. The van der Waals surface area contributed by atoms with Gasteiger partial charge < -0.3 is 19.5 Å². The second kappa shape index (κ2) is 9.73. The highest BCUT2D eigenvalue weighted by atomic mass is 16.6. The van der Waals surface area contributed by atoms with Crippen LogP contribution in [0.15, 0.2) is 0 Å². The Hall–Kier alpha value is -0.160. The zero-order chi connectivity index (χ0) is 13.2. The summed E-state index contributed by atoms with van der Waals surface area (Å²) < 4.78 is 16.7. The molecule has 0 aromatic rings. The van der Waals surface area contributed by atoms with Gasteiger partial charge in [-0.2, -0.15) is 0 Å². The molecule has 1 heterocycles. The molecule has 0 spiro atoms. The van der Waals surface area contributed by atoms with Crippen molar-refractivity contribution >= 4 is 0 Å². The van der Waals surface area contributed by atoms with Gasteiger partial charge >= 0.3 is 0 Å². The van der Waals surface area contributed by atoms with Crippen molar-refractivity contribution in [1.82, 2.24) is 5.32 Å². The molecule has 0 aliphatic carbocycles. The molecule has 1 N–H and O–H groups in total. The second-order valence-corrected chi connectivity index (χ2v) is 5.28. The minimum absolute atomic E-state index is 0.275. The molecule has 1 aliphatic heterocycles. The molecule has 0 aromatic heterocycles. The van der Waals surface area contributed by atoms with Gasteiger partial charge in [0.15, 0.2) is 0 Å². The highest BCUT2D eigenvalue weighted by Crippen LogP contribution is 2.19. The standard InChI is InChI=1S/C14H29NO3/c1-4-16-7-8-17-11-14-6-5-13(18-14)10-15-9-12(2)3/h12-15H,4-11H2,1-3H3. The summed E-state index contributed by atoms with van der Waals surface area (Å²) in [6.45, 7) is 11.3. The van der Waals surface area contributed by atoms with Crippen LogP contribution in [0.4, 0.5) is 0 Å². The average Bonchev–Trinajstić information content (AvgIpc) is 2.76. The monoisotopic (exact) mass is 259 g/mol. The molecule has 1 saturated heterocycles. The zero-order valence-corrected chi connectivity index (χ0v) is 12.1. The van der Waals surface area contributed by atoms with Crippen molar-refractivity contribution in [1.29, 1.82) is 0 Å². The van der Waals surface area contributed by atoms with Crippen LogP contribution in [0.5, 0.6) is 0 Å². The van der Waals surface area contributed by atoms with Gasteiger partial charge in [-0.05, 0) is 32.2 Å². The van der Waals surface area contributed by atoms with Gasteiger partial charge in [0.25, 0.3) is 0 Å². The fourth-order valence-corrected chi connectivity index (χ4v) is 2.06. The first-order chi connectivity index (χ1) is 8.72. The van der Waals surface area contributed by atoms with E-state index in [-0.39, 0.29) is 6.10 Å². The maximum absolute atomic E-state index is 5.92. The summed E-state index contributed by atoms with van der Waals surface area (Å²) >= 11 is 0. The SMILES string of the molecule is CCOCCOCC1CCC(CNCC(C)C)O1. The summed E-state index contributed by atoms with van der Waals surface area (Å²) in [7, 11) is 0. The minimum atomic E-state index is 0.275. The van der Waals surface area contributed by atoms with E-state index < -0.39 is 0 Å². The summed E-state index contributed by atoms with van der Waals surface area (Å²) in [5.41, 5.74) is 0. The molecule has 0 bridgehead atoms. The number of hydrogen-bond acceptors (Lipinski definition) is 4. The van der Waals surface area contributed by atoms with Crippen molar-refractivity contribution < 1.29 is 14.2 Å². The van der Waals surface area contributed by atoms with Gasteiger partial charge in [0.1, 0.15) is 0 Å². The first-order valence-electron chi connectivity index (χ1n) is 7.24. The van der Waals surface area contributed by atoms with Crippen molar-refractivity contribution in [2.75, 3.05) is 39.5 Å². The van der Waals surface area contributed by atoms with E-state index in [0.717, 1.165) is 32.5 Å². The molecule has 108 valence electrons. The molecule has 0 saturated carbocycles. The van der Waals surface area contributed by atoms with Gasteiger partial charge in [0, 0.05) is 13.2 Å². The molecule has 0 amide bonds. The Bertz CT molecular complexity index is 199. The first kappa shape index (κ1) is 15.9. The lowest BCUT2D eigenvalue weighted by molar-refractivity contribution is -0.0275. The Balaban J connectivity index is 1.96. The maximum Gasteiger partial charge on any atom is 0.0813 e. The largest absolute Gasteiger partial charge is 0.379 e. The third-order valence-corrected chi connectivity index (χ3v) is 3.00. The average molecular weight is 259 g/mol. The van der Waals surface area contributed by atoms with E-state index in [2.05, 4.69) is 19.2 Å². The van der Waals surface area contributed by atoms with E-state index >= 15 is 0 Å². The van der Waals surface area contributed by atoms with Crippen LogP contribution in [0.2, 0.25) is 0 Å². The van der Waals surface area contributed by atoms with Crippen molar-refractivity contribution in [3.8, 4) is 0 Å². The van der Waals surface area contributed by atoms with Crippen molar-refractivity contribution in [2.24, 2.45) is 5.92 Å². The predicted molar refractivity (Wildman–Crippen MR) is 72.9 cm³/mol. The fourth-order valence-electron chi connectivity index (χ4n) is 2.06. The molecule has 2 atom stereocenters. The van der Waals surface area contributed by atoms with Crippen molar-refractivity contribution in [3.05, 3.63) is 0 Å². The number of rotatable bonds is 10. The van der Waals surface area contributed by atoms with Gasteiger partial charge in [-0.1, -0.05) is 13.8 Å². The molecule has 18 heavy (non-hydrogen) atoms. The van der Waals surface area contributed by atoms with E-state index in [1.54, 1.807) is 0 Å². The van der Waals surface area contributed by atoms with Gasteiger partial charge in [0.2, 0.25) is 0 Å². The Morgan fingerprint density at radius 2 is 1.89 bits per heavy atom. The molecular formula is C14H29NO3. The molecule has 1 fully saturated rings. The molecule has 4 heteroatoms. The minimum Gasteiger partial charge on any atom is -0.379 e. The Labute approximate surface area is 111 Å². The lowest BCUT2D eigenvalue weighted by Crippen LogP contribution is -2.30. The predicted octanol–water partition coefficient (Wildman–Crippen LogP) is 1.83. The molecule has 1 aliphatic rings. The Morgan fingerprint density at radius 1 is 1.17 bits per heavy atom. The fraction of sp³-hybridized carbons (Fsp3) is 1.00. The van der Waals surface area contributed by atoms with Crippen LogP contribution in [-0.2, 0) is 14.2 Å². The number of ether oxygens (including phenoxy) is 3. The van der Waals surface area contributed by atoms with E-state index in [1.165, 1.54) is 0 Å². The molecule has 0 radical (unpaired) electrons. The quantitative estimate of drug-likeness (QED) is 0.608. The first-order valence-corrected chi connectivity index (χ1v) is 7.24. The lowest BCUT2D eigenvalue weighted by atomic mass is 10.2.